The molecule has 1 saturated heterocycles. The van der Waals surface area contributed by atoms with Crippen molar-refractivity contribution in [1.82, 2.24) is 4.90 Å². The molecule has 0 amide bonds. The first-order valence-corrected chi connectivity index (χ1v) is 6.51. The van der Waals surface area contributed by atoms with Crippen LogP contribution in [0.1, 0.15) is 13.8 Å². The van der Waals surface area contributed by atoms with Crippen molar-refractivity contribution in [3.05, 3.63) is 28.3 Å². The summed E-state index contributed by atoms with van der Waals surface area (Å²) in [5.74, 6) is 0. The molecule has 0 atom stereocenters. The Morgan fingerprint density at radius 3 is 2.37 bits per heavy atom. The minimum atomic E-state index is -0.399. The van der Waals surface area contributed by atoms with Gasteiger partial charge in [-0.2, -0.15) is 0 Å². The fourth-order valence-corrected chi connectivity index (χ4v) is 2.40. The molecular formula is C13H20N4O2. The van der Waals surface area contributed by atoms with Crippen LogP contribution in [0.3, 0.4) is 0 Å². The molecule has 1 heterocycles. The second-order valence-electron chi connectivity index (χ2n) is 5.16. The van der Waals surface area contributed by atoms with Crippen LogP contribution in [0.4, 0.5) is 17.1 Å². The number of nitrogens with two attached hydrogens (primary N) is 1. The number of nitro groups is 1. The van der Waals surface area contributed by atoms with Crippen LogP contribution >= 0.6 is 0 Å². The summed E-state index contributed by atoms with van der Waals surface area (Å²) in [6, 6.07) is 5.34. The second-order valence-corrected chi connectivity index (χ2v) is 5.16. The minimum absolute atomic E-state index is 0.0567. The molecule has 1 aliphatic heterocycles. The highest BCUT2D eigenvalue weighted by Gasteiger charge is 2.20. The van der Waals surface area contributed by atoms with E-state index < -0.39 is 4.92 Å². The molecule has 0 aromatic heterocycles. The number of hydrogen-bond acceptors (Lipinski definition) is 5. The maximum absolute atomic E-state index is 10.9. The molecule has 0 radical (unpaired) electrons. The molecule has 0 bridgehead atoms. The highest BCUT2D eigenvalue weighted by atomic mass is 16.6. The summed E-state index contributed by atoms with van der Waals surface area (Å²) in [7, 11) is 0. The number of hydrogen-bond donors (Lipinski definition) is 1. The number of nitrogens with zero attached hydrogens (tertiary/aromatic N) is 3. The zero-order chi connectivity index (χ0) is 14.0. The molecule has 19 heavy (non-hydrogen) atoms. The van der Waals surface area contributed by atoms with Crippen molar-refractivity contribution in [3.8, 4) is 0 Å². The molecule has 6 heteroatoms. The van der Waals surface area contributed by atoms with Crippen molar-refractivity contribution in [1.29, 1.82) is 0 Å². The standard InChI is InChI=1S/C13H20N4O2/c1-10(2)15-3-5-16(6-4-15)12-7-11(14)8-13(9-12)17(18)19/h7-10H,3-6,14H2,1-2H3. The molecule has 1 aromatic carbocycles. The third-order valence-corrected chi connectivity index (χ3v) is 3.55. The molecule has 0 aliphatic carbocycles. The zero-order valence-electron chi connectivity index (χ0n) is 11.4. The van der Waals surface area contributed by atoms with Gasteiger partial charge in [0.1, 0.15) is 0 Å². The van der Waals surface area contributed by atoms with E-state index in [1.165, 1.54) is 6.07 Å². The van der Waals surface area contributed by atoms with E-state index in [1.54, 1.807) is 12.1 Å². The Morgan fingerprint density at radius 1 is 1.21 bits per heavy atom. The van der Waals surface area contributed by atoms with Crippen molar-refractivity contribution in [2.24, 2.45) is 0 Å². The quantitative estimate of drug-likeness (QED) is 0.511. The lowest BCUT2D eigenvalue weighted by Gasteiger charge is -2.38. The van der Waals surface area contributed by atoms with Crippen molar-refractivity contribution >= 4 is 17.1 Å². The highest BCUT2D eigenvalue weighted by Crippen LogP contribution is 2.26. The first-order valence-electron chi connectivity index (χ1n) is 6.51. The maximum Gasteiger partial charge on any atom is 0.273 e. The number of non-ortho nitro benzene ring substituents is 1. The predicted octanol–water partition coefficient (Wildman–Crippen LogP) is 1.71. The van der Waals surface area contributed by atoms with Crippen LogP contribution in [0.2, 0.25) is 0 Å². The van der Waals surface area contributed by atoms with E-state index in [-0.39, 0.29) is 5.69 Å². The van der Waals surface area contributed by atoms with E-state index >= 15 is 0 Å². The molecule has 2 rings (SSSR count). The van der Waals surface area contributed by atoms with Crippen LogP contribution in [0.5, 0.6) is 0 Å². The summed E-state index contributed by atoms with van der Waals surface area (Å²) >= 11 is 0. The molecule has 104 valence electrons. The van der Waals surface area contributed by atoms with Gasteiger partial charge in [0.2, 0.25) is 0 Å². The molecule has 6 nitrogen and oxygen atoms in total. The van der Waals surface area contributed by atoms with Crippen LogP contribution in [0.25, 0.3) is 0 Å². The Labute approximate surface area is 112 Å². The molecule has 2 N–H and O–H groups in total. The third-order valence-electron chi connectivity index (χ3n) is 3.55. The Kier molecular flexibility index (Phi) is 3.90. The monoisotopic (exact) mass is 264 g/mol. The van der Waals surface area contributed by atoms with Crippen LogP contribution in [0, 0.1) is 10.1 Å². The van der Waals surface area contributed by atoms with E-state index in [1.807, 2.05) is 0 Å². The van der Waals surface area contributed by atoms with E-state index in [0.29, 0.717) is 11.7 Å². The van der Waals surface area contributed by atoms with Crippen molar-refractivity contribution < 1.29 is 4.92 Å². The van der Waals surface area contributed by atoms with Gasteiger partial charge in [-0.15, -0.1) is 0 Å². The topological polar surface area (TPSA) is 75.6 Å². The number of nitro benzene ring substituents is 1. The lowest BCUT2D eigenvalue weighted by Crippen LogP contribution is -2.48. The number of rotatable bonds is 3. The average molecular weight is 264 g/mol. The summed E-state index contributed by atoms with van der Waals surface area (Å²) in [6.07, 6.45) is 0. The normalized spacial score (nSPS) is 16.9. The van der Waals surface area contributed by atoms with Gasteiger partial charge in [-0.3, -0.25) is 15.0 Å². The van der Waals surface area contributed by atoms with Gasteiger partial charge in [-0.25, -0.2) is 0 Å². The Bertz CT molecular complexity index is 468. The number of benzene rings is 1. The van der Waals surface area contributed by atoms with Gasteiger partial charge in [0, 0.05) is 55.7 Å². The summed E-state index contributed by atoms with van der Waals surface area (Å²) < 4.78 is 0. The zero-order valence-corrected chi connectivity index (χ0v) is 11.4. The fourth-order valence-electron chi connectivity index (χ4n) is 2.40. The van der Waals surface area contributed by atoms with Crippen molar-refractivity contribution in [2.75, 3.05) is 36.8 Å². The fraction of sp³-hybridized carbons (Fsp3) is 0.538. The average Bonchev–Trinajstić information content (AvgIpc) is 2.38. The molecule has 0 spiro atoms. The van der Waals surface area contributed by atoms with E-state index in [4.69, 9.17) is 5.73 Å². The lowest BCUT2D eigenvalue weighted by molar-refractivity contribution is -0.384. The molecule has 1 aliphatic rings. The predicted molar refractivity (Wildman–Crippen MR) is 76.4 cm³/mol. The van der Waals surface area contributed by atoms with Crippen molar-refractivity contribution in [2.45, 2.75) is 19.9 Å². The number of nitrogen functional groups attached to an aromatic ring is 1. The number of anilines is 2. The molecule has 1 aromatic rings. The van der Waals surface area contributed by atoms with E-state index in [2.05, 4.69) is 23.6 Å². The van der Waals surface area contributed by atoms with Gasteiger partial charge in [-0.1, -0.05) is 0 Å². The highest BCUT2D eigenvalue weighted by molar-refractivity contribution is 5.62. The summed E-state index contributed by atoms with van der Waals surface area (Å²) in [5.41, 5.74) is 7.08. The van der Waals surface area contributed by atoms with Gasteiger partial charge < -0.3 is 10.6 Å². The maximum atomic E-state index is 10.9. The first kappa shape index (κ1) is 13.6. The Hall–Kier alpha value is -1.82. The van der Waals surface area contributed by atoms with Gasteiger partial charge in [0.25, 0.3) is 5.69 Å². The van der Waals surface area contributed by atoms with Gasteiger partial charge in [-0.05, 0) is 19.9 Å². The lowest BCUT2D eigenvalue weighted by atomic mass is 10.2. The summed E-state index contributed by atoms with van der Waals surface area (Å²) in [6.45, 7) is 8.06. The van der Waals surface area contributed by atoms with E-state index in [0.717, 1.165) is 31.9 Å². The molecule has 0 unspecified atom stereocenters. The van der Waals surface area contributed by atoms with Crippen LogP contribution in [0.15, 0.2) is 18.2 Å². The SMILES string of the molecule is CC(C)N1CCN(c2cc(N)cc([N+](=O)[O-])c2)CC1. The van der Waals surface area contributed by atoms with Crippen LogP contribution in [-0.4, -0.2) is 42.0 Å². The smallest absolute Gasteiger partial charge is 0.273 e. The largest absolute Gasteiger partial charge is 0.398 e. The van der Waals surface area contributed by atoms with E-state index in [9.17, 15) is 10.1 Å². The second kappa shape index (κ2) is 5.44. The molecule has 0 saturated carbocycles. The Balaban J connectivity index is 2.13. The van der Waals surface area contributed by atoms with Crippen LogP contribution < -0.4 is 10.6 Å². The Morgan fingerprint density at radius 2 is 1.84 bits per heavy atom. The summed E-state index contributed by atoms with van der Waals surface area (Å²) in [4.78, 5) is 15.0. The molecular weight excluding hydrogens is 244 g/mol. The van der Waals surface area contributed by atoms with Gasteiger partial charge in [0.15, 0.2) is 0 Å². The number of piperazine rings is 1. The van der Waals surface area contributed by atoms with Gasteiger partial charge >= 0.3 is 0 Å². The van der Waals surface area contributed by atoms with Crippen LogP contribution in [-0.2, 0) is 0 Å². The molecule has 1 fully saturated rings. The summed E-state index contributed by atoms with van der Waals surface area (Å²) in [5, 5.41) is 10.9. The third kappa shape index (κ3) is 3.14. The first-order chi connectivity index (χ1) is 8.97. The van der Waals surface area contributed by atoms with Gasteiger partial charge in [0.05, 0.1) is 4.92 Å². The van der Waals surface area contributed by atoms with Crippen molar-refractivity contribution in [3.63, 3.8) is 0 Å². The minimum Gasteiger partial charge on any atom is -0.398 e.